The van der Waals surface area contributed by atoms with Crippen LogP contribution in [0.2, 0.25) is 0 Å². The van der Waals surface area contributed by atoms with Crippen LogP contribution >= 0.6 is 0 Å². The second-order valence-corrected chi connectivity index (χ2v) is 3.92. The lowest BCUT2D eigenvalue weighted by Crippen LogP contribution is -2.19. The van der Waals surface area contributed by atoms with Gasteiger partial charge < -0.3 is 5.11 Å². The summed E-state index contributed by atoms with van der Waals surface area (Å²) in [6.45, 7) is 1.80. The van der Waals surface area contributed by atoms with Crippen molar-refractivity contribution in [3.8, 4) is 5.75 Å². The zero-order valence-electron chi connectivity index (χ0n) is 10.4. The highest BCUT2D eigenvalue weighted by Crippen LogP contribution is 2.09. The van der Waals surface area contributed by atoms with Crippen molar-refractivity contribution >= 4 is 11.6 Å². The summed E-state index contributed by atoms with van der Waals surface area (Å²) >= 11 is 0. The SMILES string of the molecule is C/C(=N\NC(=O)c1ccc(O)cc1)c1ccncc1. The number of hydrogen-bond donors (Lipinski definition) is 2. The second kappa shape index (κ2) is 5.77. The summed E-state index contributed by atoms with van der Waals surface area (Å²) in [5.41, 5.74) is 4.48. The summed E-state index contributed by atoms with van der Waals surface area (Å²) in [5.74, 6) is -0.207. The van der Waals surface area contributed by atoms with Gasteiger partial charge in [0.1, 0.15) is 5.75 Å². The molecule has 0 saturated heterocycles. The number of nitrogens with one attached hydrogen (secondary N) is 1. The number of nitrogens with zero attached hydrogens (tertiary/aromatic N) is 2. The molecule has 2 N–H and O–H groups in total. The van der Waals surface area contributed by atoms with E-state index in [1.807, 2.05) is 12.1 Å². The van der Waals surface area contributed by atoms with Crippen LogP contribution in [0, 0.1) is 0 Å². The maximum Gasteiger partial charge on any atom is 0.271 e. The predicted molar refractivity (Wildman–Crippen MR) is 72.0 cm³/mol. The van der Waals surface area contributed by atoms with Gasteiger partial charge in [-0.2, -0.15) is 5.10 Å². The lowest BCUT2D eigenvalue weighted by Gasteiger charge is -2.03. The van der Waals surface area contributed by atoms with Crippen LogP contribution in [0.4, 0.5) is 0 Å². The summed E-state index contributed by atoms with van der Waals surface area (Å²) < 4.78 is 0. The van der Waals surface area contributed by atoms with Crippen LogP contribution in [0.3, 0.4) is 0 Å². The van der Waals surface area contributed by atoms with Crippen LogP contribution in [0.5, 0.6) is 5.75 Å². The smallest absolute Gasteiger partial charge is 0.271 e. The normalized spacial score (nSPS) is 11.1. The van der Waals surface area contributed by atoms with Gasteiger partial charge in [-0.05, 0) is 43.3 Å². The van der Waals surface area contributed by atoms with Crippen LogP contribution < -0.4 is 5.43 Å². The van der Waals surface area contributed by atoms with Crippen LogP contribution in [-0.4, -0.2) is 21.7 Å². The number of amides is 1. The molecular formula is C14H13N3O2. The average Bonchev–Trinajstić information content (AvgIpc) is 2.46. The first kappa shape index (κ1) is 12.8. The molecule has 0 unspecified atom stereocenters. The van der Waals surface area contributed by atoms with Crippen LogP contribution in [-0.2, 0) is 0 Å². The van der Waals surface area contributed by atoms with Gasteiger partial charge in [0.25, 0.3) is 5.91 Å². The molecule has 0 radical (unpaired) electrons. The first-order valence-corrected chi connectivity index (χ1v) is 5.71. The molecule has 0 fully saturated rings. The monoisotopic (exact) mass is 255 g/mol. The van der Waals surface area contributed by atoms with Gasteiger partial charge in [0.05, 0.1) is 5.71 Å². The molecule has 1 aromatic heterocycles. The Hall–Kier alpha value is -2.69. The van der Waals surface area contributed by atoms with Gasteiger partial charge in [0.15, 0.2) is 0 Å². The third-order valence-electron chi connectivity index (χ3n) is 2.55. The van der Waals surface area contributed by atoms with E-state index in [0.29, 0.717) is 11.3 Å². The van der Waals surface area contributed by atoms with Gasteiger partial charge >= 0.3 is 0 Å². The van der Waals surface area contributed by atoms with E-state index < -0.39 is 0 Å². The minimum absolute atomic E-state index is 0.119. The maximum atomic E-state index is 11.8. The van der Waals surface area contributed by atoms with E-state index in [4.69, 9.17) is 5.11 Å². The van der Waals surface area contributed by atoms with E-state index in [9.17, 15) is 4.79 Å². The number of benzene rings is 1. The van der Waals surface area contributed by atoms with Crippen molar-refractivity contribution in [3.63, 3.8) is 0 Å². The van der Waals surface area contributed by atoms with Crippen LogP contribution in [0.1, 0.15) is 22.8 Å². The Balaban J connectivity index is 2.06. The minimum atomic E-state index is -0.326. The van der Waals surface area contributed by atoms with Gasteiger partial charge in [-0.1, -0.05) is 0 Å². The van der Waals surface area contributed by atoms with Gasteiger partial charge in [-0.25, -0.2) is 5.43 Å². The molecule has 0 atom stereocenters. The molecule has 0 spiro atoms. The fourth-order valence-corrected chi connectivity index (χ4v) is 1.47. The Morgan fingerprint density at radius 1 is 1.11 bits per heavy atom. The standard InChI is InChI=1S/C14H13N3O2/c1-10(11-6-8-15-9-7-11)16-17-14(19)12-2-4-13(18)5-3-12/h2-9,18H,1H3,(H,17,19)/b16-10+. The fourth-order valence-electron chi connectivity index (χ4n) is 1.47. The number of carbonyl (C=O) groups is 1. The molecule has 1 aromatic carbocycles. The average molecular weight is 255 g/mol. The second-order valence-electron chi connectivity index (χ2n) is 3.92. The Bertz CT molecular complexity index is 592. The van der Waals surface area contributed by atoms with E-state index >= 15 is 0 Å². The number of aromatic hydroxyl groups is 1. The summed E-state index contributed by atoms with van der Waals surface area (Å²) in [4.78, 5) is 15.7. The molecular weight excluding hydrogens is 242 g/mol. The topological polar surface area (TPSA) is 74.6 Å². The van der Waals surface area contributed by atoms with E-state index in [-0.39, 0.29) is 11.7 Å². The first-order valence-electron chi connectivity index (χ1n) is 5.71. The Labute approximate surface area is 110 Å². The van der Waals surface area contributed by atoms with Gasteiger partial charge in [-0.15, -0.1) is 0 Å². The Kier molecular flexibility index (Phi) is 3.87. The summed E-state index contributed by atoms with van der Waals surface area (Å²) in [6.07, 6.45) is 3.33. The van der Waals surface area contributed by atoms with Gasteiger partial charge in [0.2, 0.25) is 0 Å². The summed E-state index contributed by atoms with van der Waals surface area (Å²) in [5, 5.41) is 13.2. The van der Waals surface area contributed by atoms with E-state index in [1.54, 1.807) is 19.3 Å². The first-order chi connectivity index (χ1) is 9.16. The number of phenols is 1. The maximum absolute atomic E-state index is 11.8. The zero-order chi connectivity index (χ0) is 13.7. The number of phenolic OH excluding ortho intramolecular Hbond substituents is 1. The minimum Gasteiger partial charge on any atom is -0.508 e. The van der Waals surface area contributed by atoms with Crippen molar-refractivity contribution in [3.05, 3.63) is 59.9 Å². The van der Waals surface area contributed by atoms with E-state index in [1.165, 1.54) is 24.3 Å². The molecule has 2 aromatic rings. The third-order valence-corrected chi connectivity index (χ3v) is 2.55. The molecule has 1 amide bonds. The lowest BCUT2D eigenvalue weighted by molar-refractivity contribution is 0.0955. The largest absolute Gasteiger partial charge is 0.508 e. The zero-order valence-corrected chi connectivity index (χ0v) is 10.4. The van der Waals surface area contributed by atoms with Crippen molar-refractivity contribution in [1.29, 1.82) is 0 Å². The van der Waals surface area contributed by atoms with Gasteiger partial charge in [0, 0.05) is 23.5 Å². The Morgan fingerprint density at radius 3 is 2.37 bits per heavy atom. The van der Waals surface area contributed by atoms with Crippen molar-refractivity contribution in [2.45, 2.75) is 6.92 Å². The number of rotatable bonds is 3. The van der Waals surface area contributed by atoms with Crippen molar-refractivity contribution in [1.82, 2.24) is 10.4 Å². The van der Waals surface area contributed by atoms with Crippen LogP contribution in [0.15, 0.2) is 53.9 Å². The number of hydrogen-bond acceptors (Lipinski definition) is 4. The summed E-state index contributed by atoms with van der Waals surface area (Å²) in [7, 11) is 0. The number of aromatic nitrogens is 1. The lowest BCUT2D eigenvalue weighted by atomic mass is 10.2. The van der Waals surface area contributed by atoms with E-state index in [2.05, 4.69) is 15.5 Å². The molecule has 5 nitrogen and oxygen atoms in total. The predicted octanol–water partition coefficient (Wildman–Crippen LogP) is 1.94. The molecule has 0 saturated carbocycles. The number of pyridine rings is 1. The van der Waals surface area contributed by atoms with Crippen molar-refractivity contribution < 1.29 is 9.90 Å². The van der Waals surface area contributed by atoms with E-state index in [0.717, 1.165) is 5.56 Å². The summed E-state index contributed by atoms with van der Waals surface area (Å²) in [6, 6.07) is 9.59. The van der Waals surface area contributed by atoms with Crippen LogP contribution in [0.25, 0.3) is 0 Å². The van der Waals surface area contributed by atoms with Gasteiger partial charge in [-0.3, -0.25) is 9.78 Å². The fraction of sp³-hybridized carbons (Fsp3) is 0.0714. The number of hydrazone groups is 1. The number of carbonyl (C=O) groups excluding carboxylic acids is 1. The van der Waals surface area contributed by atoms with Crippen molar-refractivity contribution in [2.24, 2.45) is 5.10 Å². The highest BCUT2D eigenvalue weighted by Gasteiger charge is 2.04. The quantitative estimate of drug-likeness (QED) is 0.650. The molecule has 0 aliphatic rings. The molecule has 1 heterocycles. The molecule has 0 bridgehead atoms. The Morgan fingerprint density at radius 2 is 1.74 bits per heavy atom. The molecule has 19 heavy (non-hydrogen) atoms. The highest BCUT2D eigenvalue weighted by molar-refractivity contribution is 6.00. The highest BCUT2D eigenvalue weighted by atomic mass is 16.3. The molecule has 0 aliphatic carbocycles. The molecule has 96 valence electrons. The third kappa shape index (κ3) is 3.38. The molecule has 0 aliphatic heterocycles. The molecule has 5 heteroatoms. The van der Waals surface area contributed by atoms with Crippen molar-refractivity contribution in [2.75, 3.05) is 0 Å². The molecule has 2 rings (SSSR count).